The van der Waals surface area contributed by atoms with E-state index in [1.54, 1.807) is 0 Å². The second-order valence-electron chi connectivity index (χ2n) is 5.41. The largest absolute Gasteiger partial charge is 0.456 e. The van der Waals surface area contributed by atoms with E-state index in [1.165, 1.54) is 0 Å². The summed E-state index contributed by atoms with van der Waals surface area (Å²) in [4.78, 5) is 11.5. The molecule has 0 aromatic carbocycles. The van der Waals surface area contributed by atoms with Gasteiger partial charge in [-0.2, -0.15) is 0 Å². The Morgan fingerprint density at radius 1 is 1.27 bits per heavy atom. The molecular formula is C12H23NO2. The van der Waals surface area contributed by atoms with Crippen LogP contribution in [0.15, 0.2) is 0 Å². The molecule has 1 unspecified atom stereocenters. The third-order valence-corrected chi connectivity index (χ3v) is 2.31. The standard InChI is InChI=1S/C12H23NO2/c1-8(2)9(3)7-10(13)11(14)15-12(4,5)6/h8-9,13H,7H2,1-6H3. The topological polar surface area (TPSA) is 50.2 Å². The van der Waals surface area contributed by atoms with Crippen LogP contribution in [0.5, 0.6) is 0 Å². The monoisotopic (exact) mass is 213 g/mol. The summed E-state index contributed by atoms with van der Waals surface area (Å²) in [5.41, 5.74) is -0.434. The van der Waals surface area contributed by atoms with Gasteiger partial charge in [0.1, 0.15) is 11.3 Å². The van der Waals surface area contributed by atoms with Crippen molar-refractivity contribution in [3.8, 4) is 0 Å². The molecule has 0 radical (unpaired) electrons. The van der Waals surface area contributed by atoms with Gasteiger partial charge in [0.15, 0.2) is 0 Å². The van der Waals surface area contributed by atoms with E-state index in [-0.39, 0.29) is 5.71 Å². The van der Waals surface area contributed by atoms with Gasteiger partial charge in [0.2, 0.25) is 0 Å². The maximum Gasteiger partial charge on any atom is 0.352 e. The van der Waals surface area contributed by atoms with Crippen LogP contribution in [0, 0.1) is 17.2 Å². The van der Waals surface area contributed by atoms with Crippen molar-refractivity contribution in [3.05, 3.63) is 0 Å². The molecule has 3 nitrogen and oxygen atoms in total. The Hall–Kier alpha value is -0.860. The molecule has 0 aliphatic carbocycles. The van der Waals surface area contributed by atoms with Crippen LogP contribution < -0.4 is 0 Å². The number of esters is 1. The van der Waals surface area contributed by atoms with Gasteiger partial charge in [-0.3, -0.25) is 5.41 Å². The Morgan fingerprint density at radius 2 is 1.73 bits per heavy atom. The van der Waals surface area contributed by atoms with Gasteiger partial charge in [0, 0.05) is 0 Å². The van der Waals surface area contributed by atoms with Crippen molar-refractivity contribution in [1.82, 2.24) is 0 Å². The Bertz CT molecular complexity index is 238. The fourth-order valence-corrected chi connectivity index (χ4v) is 0.981. The van der Waals surface area contributed by atoms with E-state index in [1.807, 2.05) is 27.7 Å². The van der Waals surface area contributed by atoms with Crippen molar-refractivity contribution in [2.75, 3.05) is 0 Å². The van der Waals surface area contributed by atoms with Crippen LogP contribution in [0.25, 0.3) is 0 Å². The number of rotatable bonds is 4. The van der Waals surface area contributed by atoms with Crippen LogP contribution in [-0.2, 0) is 9.53 Å². The molecule has 0 aromatic heterocycles. The molecule has 3 heteroatoms. The predicted molar refractivity (Wildman–Crippen MR) is 62.2 cm³/mol. The number of carbonyl (C=O) groups is 1. The lowest BCUT2D eigenvalue weighted by Crippen LogP contribution is -2.29. The number of hydrogen-bond donors (Lipinski definition) is 1. The van der Waals surface area contributed by atoms with Crippen molar-refractivity contribution in [3.63, 3.8) is 0 Å². The van der Waals surface area contributed by atoms with Gasteiger partial charge < -0.3 is 4.74 Å². The average Bonchev–Trinajstić information content (AvgIpc) is 2.00. The summed E-state index contributed by atoms with van der Waals surface area (Å²) in [5.74, 6) is 0.327. The van der Waals surface area contributed by atoms with Crippen molar-refractivity contribution in [2.45, 2.75) is 53.6 Å². The quantitative estimate of drug-likeness (QED) is 0.576. The molecule has 0 fully saturated rings. The van der Waals surface area contributed by atoms with E-state index >= 15 is 0 Å². The van der Waals surface area contributed by atoms with Crippen molar-refractivity contribution >= 4 is 11.7 Å². The summed E-state index contributed by atoms with van der Waals surface area (Å²) < 4.78 is 5.12. The fourth-order valence-electron chi connectivity index (χ4n) is 0.981. The molecule has 88 valence electrons. The van der Waals surface area contributed by atoms with Crippen LogP contribution in [0.2, 0.25) is 0 Å². The Morgan fingerprint density at radius 3 is 2.07 bits per heavy atom. The summed E-state index contributed by atoms with van der Waals surface area (Å²) in [6.45, 7) is 11.7. The van der Waals surface area contributed by atoms with E-state index in [9.17, 15) is 4.79 Å². The highest BCUT2D eigenvalue weighted by Gasteiger charge is 2.22. The first-order valence-corrected chi connectivity index (χ1v) is 5.44. The van der Waals surface area contributed by atoms with E-state index in [2.05, 4.69) is 13.8 Å². The van der Waals surface area contributed by atoms with Gasteiger partial charge in [-0.05, 0) is 39.0 Å². The lowest BCUT2D eigenvalue weighted by atomic mass is 9.92. The summed E-state index contributed by atoms with van der Waals surface area (Å²) in [5, 5.41) is 7.62. The molecule has 0 spiro atoms. The SMILES string of the molecule is CC(C)C(C)CC(=N)C(=O)OC(C)(C)C. The summed E-state index contributed by atoms with van der Waals surface area (Å²) in [7, 11) is 0. The molecule has 15 heavy (non-hydrogen) atoms. The van der Waals surface area contributed by atoms with E-state index in [0.717, 1.165) is 0 Å². The molecule has 0 saturated heterocycles. The molecule has 0 saturated carbocycles. The molecule has 0 aliphatic heterocycles. The van der Waals surface area contributed by atoms with Crippen LogP contribution in [0.3, 0.4) is 0 Å². The summed E-state index contributed by atoms with van der Waals surface area (Å²) in [6, 6.07) is 0. The first kappa shape index (κ1) is 14.1. The maximum absolute atomic E-state index is 11.5. The maximum atomic E-state index is 11.5. The Balaban J connectivity index is 4.18. The molecule has 0 bridgehead atoms. The highest BCUT2D eigenvalue weighted by Crippen LogP contribution is 2.16. The Labute approximate surface area is 92.7 Å². The van der Waals surface area contributed by atoms with Crippen LogP contribution in [0.4, 0.5) is 0 Å². The van der Waals surface area contributed by atoms with Gasteiger partial charge in [-0.25, -0.2) is 4.79 Å². The number of carbonyl (C=O) groups excluding carboxylic acids is 1. The van der Waals surface area contributed by atoms with E-state index in [0.29, 0.717) is 18.3 Å². The third-order valence-electron chi connectivity index (χ3n) is 2.31. The highest BCUT2D eigenvalue weighted by molar-refractivity contribution is 6.35. The number of hydrogen-bond acceptors (Lipinski definition) is 3. The fraction of sp³-hybridized carbons (Fsp3) is 0.833. The van der Waals surface area contributed by atoms with E-state index < -0.39 is 11.6 Å². The first-order chi connectivity index (χ1) is 6.63. The van der Waals surface area contributed by atoms with Crippen molar-refractivity contribution in [2.24, 2.45) is 11.8 Å². The molecule has 0 aliphatic rings. The zero-order valence-corrected chi connectivity index (χ0v) is 10.7. The zero-order valence-electron chi connectivity index (χ0n) is 10.7. The molecule has 0 amide bonds. The number of nitrogens with one attached hydrogen (secondary N) is 1. The molecule has 1 N–H and O–H groups in total. The number of ether oxygens (including phenoxy) is 1. The smallest absolute Gasteiger partial charge is 0.352 e. The van der Waals surface area contributed by atoms with Gasteiger partial charge in [0.05, 0.1) is 0 Å². The van der Waals surface area contributed by atoms with Crippen molar-refractivity contribution in [1.29, 1.82) is 5.41 Å². The minimum absolute atomic E-state index is 0.0751. The Kier molecular flexibility index (Phi) is 4.98. The molecule has 0 heterocycles. The zero-order chi connectivity index (χ0) is 12.2. The van der Waals surface area contributed by atoms with Crippen LogP contribution >= 0.6 is 0 Å². The van der Waals surface area contributed by atoms with Gasteiger partial charge in [-0.15, -0.1) is 0 Å². The summed E-state index contributed by atoms with van der Waals surface area (Å²) >= 11 is 0. The third kappa shape index (κ3) is 6.26. The second-order valence-corrected chi connectivity index (χ2v) is 5.41. The van der Waals surface area contributed by atoms with Crippen molar-refractivity contribution < 1.29 is 9.53 Å². The predicted octanol–water partition coefficient (Wildman–Crippen LogP) is 3.03. The normalized spacial score (nSPS) is 13.8. The van der Waals surface area contributed by atoms with Crippen LogP contribution in [-0.4, -0.2) is 17.3 Å². The average molecular weight is 213 g/mol. The van der Waals surface area contributed by atoms with Gasteiger partial charge in [-0.1, -0.05) is 20.8 Å². The lowest BCUT2D eigenvalue weighted by molar-refractivity contribution is -0.146. The second kappa shape index (κ2) is 5.29. The lowest BCUT2D eigenvalue weighted by Gasteiger charge is -2.21. The van der Waals surface area contributed by atoms with Gasteiger partial charge >= 0.3 is 5.97 Å². The first-order valence-electron chi connectivity index (χ1n) is 5.44. The summed E-state index contributed by atoms with van der Waals surface area (Å²) in [6.07, 6.45) is 0.493. The minimum atomic E-state index is -0.509. The molecular weight excluding hydrogens is 190 g/mol. The highest BCUT2D eigenvalue weighted by atomic mass is 16.6. The van der Waals surface area contributed by atoms with Gasteiger partial charge in [0.25, 0.3) is 0 Å². The van der Waals surface area contributed by atoms with Crippen LogP contribution in [0.1, 0.15) is 48.0 Å². The minimum Gasteiger partial charge on any atom is -0.456 e. The van der Waals surface area contributed by atoms with E-state index in [4.69, 9.17) is 10.1 Å². The molecule has 0 aromatic rings. The molecule has 1 atom stereocenters. The molecule has 0 rings (SSSR count).